The van der Waals surface area contributed by atoms with Crippen molar-refractivity contribution >= 4 is 34.3 Å². The van der Waals surface area contributed by atoms with Gasteiger partial charge in [-0.15, -0.1) is 0 Å². The lowest BCUT2D eigenvalue weighted by molar-refractivity contribution is -0.113. The van der Waals surface area contributed by atoms with Crippen molar-refractivity contribution < 1.29 is 18.0 Å². The van der Waals surface area contributed by atoms with E-state index in [1.54, 1.807) is 24.3 Å². The molecule has 5 nitrogen and oxygen atoms in total. The van der Waals surface area contributed by atoms with E-state index in [4.69, 9.17) is 0 Å². The number of benzene rings is 3. The summed E-state index contributed by atoms with van der Waals surface area (Å²) in [5.41, 5.74) is 0.593. The van der Waals surface area contributed by atoms with Gasteiger partial charge in [-0.1, -0.05) is 23.9 Å². The van der Waals surface area contributed by atoms with Crippen molar-refractivity contribution in [2.45, 2.75) is 5.16 Å². The number of halogens is 3. The number of carbonyl (C=O) groups excluding carboxylic acids is 1. The first-order valence-corrected chi connectivity index (χ1v) is 10.1. The predicted molar refractivity (Wildman–Crippen MR) is 113 cm³/mol. The van der Waals surface area contributed by atoms with Crippen LogP contribution in [0.3, 0.4) is 0 Å². The van der Waals surface area contributed by atoms with Gasteiger partial charge in [0.25, 0.3) is 5.56 Å². The molecule has 1 aromatic heterocycles. The van der Waals surface area contributed by atoms with Crippen molar-refractivity contribution in [2.24, 2.45) is 0 Å². The molecule has 1 heterocycles. The number of carbonyl (C=O) groups is 1. The van der Waals surface area contributed by atoms with Gasteiger partial charge in [0, 0.05) is 11.8 Å². The Morgan fingerprint density at radius 1 is 0.968 bits per heavy atom. The fraction of sp³-hybridized carbons (Fsp3) is 0.0455. The standard InChI is InChI=1S/C22H14F3N3O2S/c23-13-5-8-15(9-6-13)28-21(30)16-3-1-2-4-19(16)27-22(28)31-12-20(29)26-14-7-10-17(24)18(25)11-14/h1-11H,12H2,(H,26,29). The number of nitrogens with one attached hydrogen (secondary N) is 1. The predicted octanol–water partition coefficient (Wildman–Crippen LogP) is 4.53. The molecule has 0 spiro atoms. The molecule has 0 fully saturated rings. The highest BCUT2D eigenvalue weighted by molar-refractivity contribution is 7.99. The number of thioether (sulfide) groups is 1. The smallest absolute Gasteiger partial charge is 0.266 e. The highest BCUT2D eigenvalue weighted by Crippen LogP contribution is 2.22. The number of nitrogens with zero attached hydrogens (tertiary/aromatic N) is 2. The van der Waals surface area contributed by atoms with Gasteiger partial charge in [0.15, 0.2) is 16.8 Å². The van der Waals surface area contributed by atoms with Gasteiger partial charge in [0.05, 0.1) is 22.3 Å². The first-order valence-electron chi connectivity index (χ1n) is 9.08. The van der Waals surface area contributed by atoms with Crippen LogP contribution in [0.2, 0.25) is 0 Å². The Bertz CT molecular complexity index is 1340. The summed E-state index contributed by atoms with van der Waals surface area (Å²) in [7, 11) is 0. The molecule has 0 aliphatic rings. The highest BCUT2D eigenvalue weighted by Gasteiger charge is 2.15. The van der Waals surface area contributed by atoms with Gasteiger partial charge in [0.2, 0.25) is 5.91 Å². The van der Waals surface area contributed by atoms with E-state index in [0.29, 0.717) is 16.6 Å². The first kappa shape index (κ1) is 20.7. The number of fused-ring (bicyclic) bond motifs is 1. The van der Waals surface area contributed by atoms with Crippen LogP contribution in [0, 0.1) is 17.5 Å². The zero-order valence-corrected chi connectivity index (χ0v) is 16.6. The Balaban J connectivity index is 1.65. The van der Waals surface area contributed by atoms with Gasteiger partial charge >= 0.3 is 0 Å². The molecule has 0 atom stereocenters. The summed E-state index contributed by atoms with van der Waals surface area (Å²) in [5.74, 6) is -3.19. The molecule has 3 aromatic carbocycles. The van der Waals surface area contributed by atoms with Gasteiger partial charge in [-0.2, -0.15) is 0 Å². The minimum absolute atomic E-state index is 0.104. The SMILES string of the molecule is O=C(CSc1nc2ccccc2c(=O)n1-c1ccc(F)cc1)Nc1ccc(F)c(F)c1. The Hall–Kier alpha value is -3.59. The summed E-state index contributed by atoms with van der Waals surface area (Å²) in [6.07, 6.45) is 0. The number of rotatable bonds is 5. The van der Waals surface area contributed by atoms with Gasteiger partial charge < -0.3 is 5.32 Å². The highest BCUT2D eigenvalue weighted by atomic mass is 32.2. The minimum atomic E-state index is -1.08. The maximum absolute atomic E-state index is 13.4. The van der Waals surface area contributed by atoms with Crippen molar-refractivity contribution in [1.29, 1.82) is 0 Å². The van der Waals surface area contributed by atoms with Gasteiger partial charge in [-0.3, -0.25) is 14.2 Å². The number of hydrogen-bond donors (Lipinski definition) is 1. The Morgan fingerprint density at radius 3 is 2.45 bits per heavy atom. The lowest BCUT2D eigenvalue weighted by atomic mass is 10.2. The summed E-state index contributed by atoms with van der Waals surface area (Å²) in [6, 6.07) is 15.1. The molecule has 0 bridgehead atoms. The van der Waals surface area contributed by atoms with Crippen LogP contribution in [-0.4, -0.2) is 21.2 Å². The molecule has 1 N–H and O–H groups in total. The molecule has 0 radical (unpaired) electrons. The molecule has 4 rings (SSSR count). The number of aromatic nitrogens is 2. The van der Waals surface area contributed by atoms with E-state index in [9.17, 15) is 22.8 Å². The van der Waals surface area contributed by atoms with Crippen LogP contribution in [0.25, 0.3) is 16.6 Å². The minimum Gasteiger partial charge on any atom is -0.325 e. The lowest BCUT2D eigenvalue weighted by Crippen LogP contribution is -2.23. The van der Waals surface area contributed by atoms with Crippen LogP contribution in [-0.2, 0) is 4.79 Å². The van der Waals surface area contributed by atoms with Crippen LogP contribution < -0.4 is 10.9 Å². The van der Waals surface area contributed by atoms with E-state index in [0.717, 1.165) is 23.9 Å². The van der Waals surface area contributed by atoms with E-state index in [1.165, 1.54) is 34.9 Å². The van der Waals surface area contributed by atoms with Crippen molar-refractivity contribution in [3.63, 3.8) is 0 Å². The number of amides is 1. The van der Waals surface area contributed by atoms with Crippen LogP contribution in [0.4, 0.5) is 18.9 Å². The van der Waals surface area contributed by atoms with Gasteiger partial charge in [-0.05, 0) is 48.5 Å². The molecule has 31 heavy (non-hydrogen) atoms. The topological polar surface area (TPSA) is 64.0 Å². The Morgan fingerprint density at radius 2 is 1.71 bits per heavy atom. The van der Waals surface area contributed by atoms with E-state index >= 15 is 0 Å². The number of para-hydroxylation sites is 1. The molecule has 1 amide bonds. The second-order valence-electron chi connectivity index (χ2n) is 6.49. The van der Waals surface area contributed by atoms with E-state index in [-0.39, 0.29) is 22.2 Å². The summed E-state index contributed by atoms with van der Waals surface area (Å²) in [5, 5.41) is 3.08. The number of hydrogen-bond acceptors (Lipinski definition) is 4. The third kappa shape index (κ3) is 4.46. The molecule has 156 valence electrons. The molecular weight excluding hydrogens is 427 g/mol. The maximum atomic E-state index is 13.4. The molecular formula is C22H14F3N3O2S. The molecule has 0 aliphatic heterocycles. The summed E-state index contributed by atoms with van der Waals surface area (Å²) < 4.78 is 41.0. The molecule has 0 unspecified atom stereocenters. The van der Waals surface area contributed by atoms with E-state index in [2.05, 4.69) is 10.3 Å². The second-order valence-corrected chi connectivity index (χ2v) is 7.44. The zero-order valence-electron chi connectivity index (χ0n) is 15.8. The monoisotopic (exact) mass is 441 g/mol. The zero-order chi connectivity index (χ0) is 22.0. The fourth-order valence-corrected chi connectivity index (χ4v) is 3.74. The average Bonchev–Trinajstić information content (AvgIpc) is 2.76. The largest absolute Gasteiger partial charge is 0.325 e. The summed E-state index contributed by atoms with van der Waals surface area (Å²) in [4.78, 5) is 29.9. The second kappa shape index (κ2) is 8.65. The normalized spacial score (nSPS) is 10.9. The van der Waals surface area contributed by atoms with Crippen LogP contribution in [0.1, 0.15) is 0 Å². The van der Waals surface area contributed by atoms with Crippen LogP contribution in [0.5, 0.6) is 0 Å². The van der Waals surface area contributed by atoms with E-state index in [1.807, 2.05) is 0 Å². The summed E-state index contributed by atoms with van der Waals surface area (Å²) in [6.45, 7) is 0. The Kier molecular flexibility index (Phi) is 5.77. The number of anilines is 1. The molecule has 0 saturated heterocycles. The molecule has 0 aliphatic carbocycles. The summed E-state index contributed by atoms with van der Waals surface area (Å²) >= 11 is 0.988. The maximum Gasteiger partial charge on any atom is 0.266 e. The third-order valence-corrected chi connectivity index (χ3v) is 5.30. The molecule has 4 aromatic rings. The first-order chi connectivity index (χ1) is 14.9. The van der Waals surface area contributed by atoms with Crippen molar-refractivity contribution in [1.82, 2.24) is 9.55 Å². The van der Waals surface area contributed by atoms with Gasteiger partial charge in [-0.25, -0.2) is 18.2 Å². The van der Waals surface area contributed by atoms with Crippen molar-refractivity contribution in [3.8, 4) is 5.69 Å². The van der Waals surface area contributed by atoms with Gasteiger partial charge in [0.1, 0.15) is 5.82 Å². The van der Waals surface area contributed by atoms with Crippen molar-refractivity contribution in [3.05, 3.63) is 94.5 Å². The molecule has 9 heteroatoms. The molecule has 0 saturated carbocycles. The van der Waals surface area contributed by atoms with Crippen LogP contribution >= 0.6 is 11.8 Å². The average molecular weight is 441 g/mol. The van der Waals surface area contributed by atoms with Crippen molar-refractivity contribution in [2.75, 3.05) is 11.1 Å². The van der Waals surface area contributed by atoms with Crippen LogP contribution in [0.15, 0.2) is 76.7 Å². The Labute approximate surface area is 178 Å². The fourth-order valence-electron chi connectivity index (χ4n) is 2.93. The third-order valence-electron chi connectivity index (χ3n) is 4.37. The lowest BCUT2D eigenvalue weighted by Gasteiger charge is -2.13. The quantitative estimate of drug-likeness (QED) is 0.365. The van der Waals surface area contributed by atoms with E-state index < -0.39 is 23.4 Å².